The van der Waals surface area contributed by atoms with Crippen molar-refractivity contribution < 1.29 is 22.6 Å². The Bertz CT molecular complexity index is 1610. The number of hydrogen-bond donors (Lipinski definition) is 0. The van der Waals surface area contributed by atoms with Crippen LogP contribution in [0, 0.1) is 0 Å². The molecule has 4 aromatic heterocycles. The van der Waals surface area contributed by atoms with E-state index in [1.54, 1.807) is 49.0 Å². The van der Waals surface area contributed by atoms with E-state index in [0.717, 1.165) is 23.2 Å². The minimum absolute atomic E-state index is 0.105. The highest BCUT2D eigenvalue weighted by atomic mass is 19.4. The SMILES string of the molecule is CCOc1ccc2nn(-c3ccc4nn(C)cc4c3)c(=O)c(-c3ccc(OC(F)(F)F)nc3)c2n1. The lowest BCUT2D eigenvalue weighted by molar-refractivity contribution is -0.276. The number of rotatable bonds is 5. The molecule has 0 aliphatic heterocycles. The third kappa shape index (κ3) is 4.37. The molecule has 0 N–H and O–H groups in total. The Morgan fingerprint density at radius 2 is 1.77 bits per heavy atom. The van der Waals surface area contributed by atoms with Crippen molar-refractivity contribution in [3.05, 3.63) is 65.2 Å². The van der Waals surface area contributed by atoms with Crippen molar-refractivity contribution in [2.75, 3.05) is 6.61 Å². The summed E-state index contributed by atoms with van der Waals surface area (Å²) in [6.07, 6.45) is -1.95. The molecule has 178 valence electrons. The Morgan fingerprint density at radius 3 is 2.49 bits per heavy atom. The highest BCUT2D eigenvalue weighted by molar-refractivity contribution is 5.91. The van der Waals surface area contributed by atoms with Crippen molar-refractivity contribution in [3.8, 4) is 28.6 Å². The first kappa shape index (κ1) is 22.3. The van der Waals surface area contributed by atoms with Gasteiger partial charge in [-0.2, -0.15) is 14.9 Å². The van der Waals surface area contributed by atoms with Crippen LogP contribution in [0.2, 0.25) is 0 Å². The summed E-state index contributed by atoms with van der Waals surface area (Å²) in [6.45, 7) is 2.15. The van der Waals surface area contributed by atoms with Crippen LogP contribution in [0.25, 0.3) is 38.8 Å². The molecular weight excluding hydrogens is 465 g/mol. The second-order valence-electron chi connectivity index (χ2n) is 7.52. The highest BCUT2D eigenvalue weighted by Gasteiger charge is 2.31. The van der Waals surface area contributed by atoms with Gasteiger partial charge in [0.15, 0.2) is 0 Å². The topological polar surface area (TPSA) is 97.0 Å². The molecule has 5 rings (SSSR count). The van der Waals surface area contributed by atoms with E-state index in [0.29, 0.717) is 17.8 Å². The van der Waals surface area contributed by atoms with Gasteiger partial charge in [0.05, 0.1) is 23.4 Å². The number of aromatic nitrogens is 6. The fourth-order valence-corrected chi connectivity index (χ4v) is 3.70. The summed E-state index contributed by atoms with van der Waals surface area (Å²) in [4.78, 5) is 21.8. The Kier molecular flexibility index (Phi) is 5.35. The smallest absolute Gasteiger partial charge is 0.478 e. The molecule has 0 amide bonds. The van der Waals surface area contributed by atoms with Crippen molar-refractivity contribution in [2.45, 2.75) is 13.3 Å². The summed E-state index contributed by atoms with van der Waals surface area (Å²) in [5, 5.41) is 9.61. The number of aryl methyl sites for hydroxylation is 1. The maximum atomic E-state index is 13.7. The number of pyridine rings is 2. The molecule has 35 heavy (non-hydrogen) atoms. The van der Waals surface area contributed by atoms with Crippen molar-refractivity contribution in [3.63, 3.8) is 0 Å². The normalized spacial score (nSPS) is 11.8. The van der Waals surface area contributed by atoms with Crippen molar-refractivity contribution in [2.24, 2.45) is 7.05 Å². The average molecular weight is 482 g/mol. The second-order valence-corrected chi connectivity index (χ2v) is 7.52. The lowest BCUT2D eigenvalue weighted by atomic mass is 10.1. The largest absolute Gasteiger partial charge is 0.574 e. The van der Waals surface area contributed by atoms with Gasteiger partial charge in [-0.1, -0.05) is 0 Å². The third-order valence-corrected chi connectivity index (χ3v) is 5.08. The lowest BCUT2D eigenvalue weighted by Crippen LogP contribution is -2.24. The molecule has 12 heteroatoms. The zero-order chi connectivity index (χ0) is 24.7. The molecular formula is C23H17F3N6O3. The molecule has 0 fully saturated rings. The molecule has 0 saturated heterocycles. The van der Waals surface area contributed by atoms with E-state index in [1.165, 1.54) is 10.7 Å². The molecule has 0 saturated carbocycles. The Labute approximate surface area is 195 Å². The summed E-state index contributed by atoms with van der Waals surface area (Å²) < 4.78 is 49.8. The maximum Gasteiger partial charge on any atom is 0.574 e. The first-order valence-electron chi connectivity index (χ1n) is 10.4. The van der Waals surface area contributed by atoms with Gasteiger partial charge in [-0.25, -0.2) is 9.97 Å². The monoisotopic (exact) mass is 482 g/mol. The zero-order valence-corrected chi connectivity index (χ0v) is 18.4. The van der Waals surface area contributed by atoms with Gasteiger partial charge in [-0.15, -0.1) is 13.2 Å². The molecule has 5 aromatic rings. The average Bonchev–Trinajstić information content (AvgIpc) is 3.18. The summed E-state index contributed by atoms with van der Waals surface area (Å²) in [5.41, 5.74) is 1.66. The van der Waals surface area contributed by atoms with Crippen LogP contribution in [0.3, 0.4) is 0 Å². The summed E-state index contributed by atoms with van der Waals surface area (Å²) in [5.74, 6) is -0.369. The van der Waals surface area contributed by atoms with Crippen molar-refractivity contribution >= 4 is 21.9 Å². The predicted molar refractivity (Wildman–Crippen MR) is 120 cm³/mol. The van der Waals surface area contributed by atoms with E-state index >= 15 is 0 Å². The van der Waals surface area contributed by atoms with Crippen LogP contribution in [0.4, 0.5) is 13.2 Å². The van der Waals surface area contributed by atoms with Gasteiger partial charge < -0.3 is 9.47 Å². The van der Waals surface area contributed by atoms with Gasteiger partial charge in [0.2, 0.25) is 11.8 Å². The van der Waals surface area contributed by atoms with E-state index in [-0.39, 0.29) is 22.5 Å². The molecule has 0 aliphatic rings. The summed E-state index contributed by atoms with van der Waals surface area (Å²) in [7, 11) is 1.79. The predicted octanol–water partition coefficient (Wildman–Crippen LogP) is 4.03. The Balaban J connectivity index is 1.72. The van der Waals surface area contributed by atoms with Crippen LogP contribution in [0.15, 0.2) is 59.7 Å². The number of benzene rings is 1. The lowest BCUT2D eigenvalue weighted by Gasteiger charge is -2.12. The van der Waals surface area contributed by atoms with E-state index in [1.807, 2.05) is 6.20 Å². The van der Waals surface area contributed by atoms with Crippen molar-refractivity contribution in [1.82, 2.24) is 29.5 Å². The number of ether oxygens (including phenoxy) is 2. The number of halogens is 3. The number of hydrogen-bond acceptors (Lipinski definition) is 7. The zero-order valence-electron chi connectivity index (χ0n) is 18.4. The fraction of sp³-hybridized carbons (Fsp3) is 0.174. The van der Waals surface area contributed by atoms with Crippen LogP contribution in [-0.2, 0) is 7.05 Å². The maximum absolute atomic E-state index is 13.7. The van der Waals surface area contributed by atoms with Gasteiger partial charge in [0.25, 0.3) is 5.56 Å². The van der Waals surface area contributed by atoms with Gasteiger partial charge in [-0.05, 0) is 37.3 Å². The fourth-order valence-electron chi connectivity index (χ4n) is 3.70. The van der Waals surface area contributed by atoms with E-state index in [9.17, 15) is 18.0 Å². The highest BCUT2D eigenvalue weighted by Crippen LogP contribution is 2.28. The number of alkyl halides is 3. The second kappa shape index (κ2) is 8.38. The molecule has 0 radical (unpaired) electrons. The van der Waals surface area contributed by atoms with Crippen LogP contribution in [0.5, 0.6) is 11.8 Å². The van der Waals surface area contributed by atoms with Gasteiger partial charge in [0.1, 0.15) is 11.0 Å². The van der Waals surface area contributed by atoms with Crippen LogP contribution in [0.1, 0.15) is 6.92 Å². The molecule has 0 bridgehead atoms. The quantitative estimate of drug-likeness (QED) is 0.373. The number of nitrogens with zero attached hydrogens (tertiary/aromatic N) is 6. The molecule has 0 atom stereocenters. The first-order chi connectivity index (χ1) is 16.7. The summed E-state index contributed by atoms with van der Waals surface area (Å²) >= 11 is 0. The molecule has 1 aromatic carbocycles. The molecule has 0 aliphatic carbocycles. The van der Waals surface area contributed by atoms with Crippen molar-refractivity contribution in [1.29, 1.82) is 0 Å². The van der Waals surface area contributed by atoms with E-state index in [4.69, 9.17) is 4.74 Å². The minimum atomic E-state index is -4.89. The van der Waals surface area contributed by atoms with Crippen LogP contribution < -0.4 is 15.0 Å². The van der Waals surface area contributed by atoms with E-state index in [2.05, 4.69) is 24.9 Å². The Morgan fingerprint density at radius 1 is 1.00 bits per heavy atom. The number of fused-ring (bicyclic) bond motifs is 2. The van der Waals surface area contributed by atoms with Gasteiger partial charge >= 0.3 is 6.36 Å². The molecule has 0 unspecified atom stereocenters. The van der Waals surface area contributed by atoms with Crippen LogP contribution in [-0.4, -0.2) is 42.5 Å². The first-order valence-corrected chi connectivity index (χ1v) is 10.4. The van der Waals surface area contributed by atoms with E-state index < -0.39 is 17.8 Å². The minimum Gasteiger partial charge on any atom is -0.478 e. The summed E-state index contributed by atoms with van der Waals surface area (Å²) in [6, 6.07) is 10.9. The van der Waals surface area contributed by atoms with Gasteiger partial charge in [0, 0.05) is 42.5 Å². The van der Waals surface area contributed by atoms with Crippen LogP contribution >= 0.6 is 0 Å². The molecule has 0 spiro atoms. The van der Waals surface area contributed by atoms with Gasteiger partial charge in [-0.3, -0.25) is 9.48 Å². The standard InChI is InChI=1S/C23H17F3N6O3/c1-3-34-19-9-7-17-21(28-19)20(13-4-8-18(27-11-13)35-23(24,25)26)22(33)32(30-17)15-5-6-16-14(10-15)12-31(2)29-16/h4-12H,3H2,1-2H3. The third-order valence-electron chi connectivity index (χ3n) is 5.08. The molecule has 9 nitrogen and oxygen atoms in total. The Hall–Kier alpha value is -4.48. The molecule has 4 heterocycles.